The van der Waals surface area contributed by atoms with E-state index < -0.39 is 5.82 Å². The van der Waals surface area contributed by atoms with Crippen LogP contribution in [0.15, 0.2) is 12.1 Å². The van der Waals surface area contributed by atoms with Crippen molar-refractivity contribution in [2.75, 3.05) is 17.7 Å². The summed E-state index contributed by atoms with van der Waals surface area (Å²) in [4.78, 5) is 0. The summed E-state index contributed by atoms with van der Waals surface area (Å²) >= 11 is 0. The van der Waals surface area contributed by atoms with Crippen LogP contribution in [0.4, 0.5) is 15.8 Å². The van der Waals surface area contributed by atoms with Gasteiger partial charge in [0.2, 0.25) is 0 Å². The van der Waals surface area contributed by atoms with Crippen molar-refractivity contribution in [3.63, 3.8) is 0 Å². The minimum Gasteiger partial charge on any atom is -0.490 e. The highest BCUT2D eigenvalue weighted by molar-refractivity contribution is 5.69. The van der Waals surface area contributed by atoms with Crippen LogP contribution in [0.2, 0.25) is 0 Å². The maximum Gasteiger partial charge on any atom is 0.167 e. The topological polar surface area (TPSA) is 47.3 Å². The van der Waals surface area contributed by atoms with Gasteiger partial charge in [-0.15, -0.1) is 0 Å². The van der Waals surface area contributed by atoms with E-state index in [4.69, 9.17) is 10.5 Å². The minimum absolute atomic E-state index is 0.0886. The standard InChI is InChI=1S/C15H25FN2O/c1-6-7-19-14-9-13(12(17)8-11(14)16)18-10(2)15(3,4)5/h8-10,18H,6-7,17H2,1-5H3. The zero-order valence-corrected chi connectivity index (χ0v) is 12.5. The van der Waals surface area contributed by atoms with Crippen LogP contribution in [0, 0.1) is 11.2 Å². The molecule has 0 amide bonds. The molecule has 0 heterocycles. The molecule has 0 radical (unpaired) electrons. The van der Waals surface area contributed by atoms with Crippen molar-refractivity contribution >= 4 is 11.4 Å². The van der Waals surface area contributed by atoms with Gasteiger partial charge in [-0.3, -0.25) is 0 Å². The van der Waals surface area contributed by atoms with Crippen LogP contribution in [0.25, 0.3) is 0 Å². The minimum atomic E-state index is -0.417. The molecular formula is C15H25FN2O. The summed E-state index contributed by atoms with van der Waals surface area (Å²) in [5, 5.41) is 3.32. The van der Waals surface area contributed by atoms with Gasteiger partial charge in [0.25, 0.3) is 0 Å². The van der Waals surface area contributed by atoms with Gasteiger partial charge in [0, 0.05) is 18.2 Å². The summed E-state index contributed by atoms with van der Waals surface area (Å²) in [6, 6.07) is 3.16. The average Bonchev–Trinajstić information content (AvgIpc) is 2.29. The zero-order valence-electron chi connectivity index (χ0n) is 12.5. The van der Waals surface area contributed by atoms with Gasteiger partial charge in [0.1, 0.15) is 0 Å². The molecular weight excluding hydrogens is 243 g/mol. The fourth-order valence-corrected chi connectivity index (χ4v) is 1.47. The largest absolute Gasteiger partial charge is 0.490 e. The monoisotopic (exact) mass is 268 g/mol. The molecule has 1 atom stereocenters. The number of hydrogen-bond acceptors (Lipinski definition) is 3. The molecule has 0 aliphatic carbocycles. The first kappa shape index (κ1) is 15.6. The smallest absolute Gasteiger partial charge is 0.167 e. The Balaban J connectivity index is 2.94. The third-order valence-corrected chi connectivity index (χ3v) is 3.24. The number of nitrogens with one attached hydrogen (secondary N) is 1. The quantitative estimate of drug-likeness (QED) is 0.792. The molecule has 4 heteroatoms. The van der Waals surface area contributed by atoms with E-state index in [0.717, 1.165) is 12.1 Å². The van der Waals surface area contributed by atoms with E-state index in [2.05, 4.69) is 33.0 Å². The van der Waals surface area contributed by atoms with E-state index >= 15 is 0 Å². The lowest BCUT2D eigenvalue weighted by Crippen LogP contribution is -2.31. The maximum absolute atomic E-state index is 13.7. The first-order valence-electron chi connectivity index (χ1n) is 6.74. The molecule has 1 aromatic rings. The third-order valence-electron chi connectivity index (χ3n) is 3.24. The van der Waals surface area contributed by atoms with Crippen molar-refractivity contribution in [1.82, 2.24) is 0 Å². The van der Waals surface area contributed by atoms with Gasteiger partial charge >= 0.3 is 0 Å². The number of nitrogen functional groups attached to an aromatic ring is 1. The predicted octanol–water partition coefficient (Wildman–Crippen LogP) is 4.04. The molecule has 19 heavy (non-hydrogen) atoms. The lowest BCUT2D eigenvalue weighted by Gasteiger charge is -2.29. The van der Waals surface area contributed by atoms with E-state index in [9.17, 15) is 4.39 Å². The van der Waals surface area contributed by atoms with Crippen molar-refractivity contribution in [3.05, 3.63) is 17.9 Å². The molecule has 0 spiro atoms. The van der Waals surface area contributed by atoms with Crippen LogP contribution < -0.4 is 15.8 Å². The van der Waals surface area contributed by atoms with Crippen molar-refractivity contribution in [1.29, 1.82) is 0 Å². The normalized spacial score (nSPS) is 13.2. The van der Waals surface area contributed by atoms with Gasteiger partial charge < -0.3 is 15.8 Å². The van der Waals surface area contributed by atoms with Crippen molar-refractivity contribution in [2.45, 2.75) is 47.1 Å². The van der Waals surface area contributed by atoms with Gasteiger partial charge in [-0.05, 0) is 18.8 Å². The van der Waals surface area contributed by atoms with E-state index in [1.807, 2.05) is 6.92 Å². The predicted molar refractivity (Wildman–Crippen MR) is 79.1 cm³/mol. The van der Waals surface area contributed by atoms with Crippen LogP contribution in [0.1, 0.15) is 41.0 Å². The Labute approximate surface area is 115 Å². The molecule has 0 aliphatic rings. The molecule has 0 fully saturated rings. The number of halogens is 1. The molecule has 108 valence electrons. The highest BCUT2D eigenvalue weighted by Gasteiger charge is 2.21. The molecule has 1 aromatic carbocycles. The zero-order chi connectivity index (χ0) is 14.6. The fraction of sp³-hybridized carbons (Fsp3) is 0.600. The summed E-state index contributed by atoms with van der Waals surface area (Å²) in [6.07, 6.45) is 0.838. The summed E-state index contributed by atoms with van der Waals surface area (Å²) in [6.45, 7) is 11.0. The van der Waals surface area contributed by atoms with Crippen LogP contribution in [0.5, 0.6) is 5.75 Å². The summed E-state index contributed by atoms with van der Waals surface area (Å²) in [5.74, 6) is -0.167. The highest BCUT2D eigenvalue weighted by atomic mass is 19.1. The average molecular weight is 268 g/mol. The second-order valence-corrected chi connectivity index (χ2v) is 5.95. The Morgan fingerprint density at radius 3 is 2.53 bits per heavy atom. The van der Waals surface area contributed by atoms with Crippen LogP contribution in [-0.2, 0) is 0 Å². The molecule has 3 nitrogen and oxygen atoms in total. The van der Waals surface area contributed by atoms with Gasteiger partial charge in [-0.25, -0.2) is 4.39 Å². The number of anilines is 2. The highest BCUT2D eigenvalue weighted by Crippen LogP contribution is 2.31. The number of ether oxygens (including phenoxy) is 1. The number of benzene rings is 1. The van der Waals surface area contributed by atoms with Gasteiger partial charge in [0.05, 0.1) is 18.0 Å². The van der Waals surface area contributed by atoms with Crippen molar-refractivity contribution < 1.29 is 9.13 Å². The molecule has 0 aliphatic heterocycles. The molecule has 0 saturated heterocycles. The lowest BCUT2D eigenvalue weighted by atomic mass is 9.88. The van der Waals surface area contributed by atoms with Crippen LogP contribution in [-0.4, -0.2) is 12.6 Å². The molecule has 0 saturated carbocycles. The Kier molecular flexibility index (Phi) is 5.04. The van der Waals surface area contributed by atoms with Gasteiger partial charge in [-0.1, -0.05) is 27.7 Å². The Morgan fingerprint density at radius 1 is 1.37 bits per heavy atom. The van der Waals surface area contributed by atoms with E-state index in [0.29, 0.717) is 12.3 Å². The molecule has 1 rings (SSSR count). The lowest BCUT2D eigenvalue weighted by molar-refractivity contribution is 0.301. The number of nitrogens with two attached hydrogens (primary N) is 1. The van der Waals surface area contributed by atoms with E-state index in [1.54, 1.807) is 6.07 Å². The summed E-state index contributed by atoms with van der Waals surface area (Å²) < 4.78 is 19.1. The number of hydrogen-bond donors (Lipinski definition) is 2. The van der Waals surface area contributed by atoms with E-state index in [1.165, 1.54) is 6.07 Å². The fourth-order valence-electron chi connectivity index (χ4n) is 1.47. The van der Waals surface area contributed by atoms with Crippen LogP contribution in [0.3, 0.4) is 0 Å². The van der Waals surface area contributed by atoms with Gasteiger partial charge in [-0.2, -0.15) is 0 Å². The first-order valence-corrected chi connectivity index (χ1v) is 6.74. The third kappa shape index (κ3) is 4.30. The second kappa shape index (κ2) is 6.13. The number of rotatable bonds is 5. The Morgan fingerprint density at radius 2 is 2.00 bits per heavy atom. The molecule has 1 unspecified atom stereocenters. The molecule has 3 N–H and O–H groups in total. The summed E-state index contributed by atoms with van der Waals surface area (Å²) in [7, 11) is 0. The van der Waals surface area contributed by atoms with Gasteiger partial charge in [0.15, 0.2) is 11.6 Å². The Bertz CT molecular complexity index is 427. The second-order valence-electron chi connectivity index (χ2n) is 5.95. The maximum atomic E-state index is 13.7. The first-order chi connectivity index (χ1) is 8.75. The summed E-state index contributed by atoms with van der Waals surface area (Å²) in [5.41, 5.74) is 7.06. The Hall–Kier alpha value is -1.45. The molecule has 0 aromatic heterocycles. The SMILES string of the molecule is CCCOc1cc(NC(C)C(C)(C)C)c(N)cc1F. The van der Waals surface area contributed by atoms with Crippen LogP contribution >= 0.6 is 0 Å². The van der Waals surface area contributed by atoms with E-state index in [-0.39, 0.29) is 17.2 Å². The van der Waals surface area contributed by atoms with Crippen molar-refractivity contribution in [2.24, 2.45) is 5.41 Å². The molecule has 0 bridgehead atoms. The van der Waals surface area contributed by atoms with Crippen molar-refractivity contribution in [3.8, 4) is 5.75 Å².